The third-order valence-corrected chi connectivity index (χ3v) is 11.1. The van der Waals surface area contributed by atoms with Gasteiger partial charge in [0.25, 0.3) is 0 Å². The van der Waals surface area contributed by atoms with E-state index in [1.165, 1.54) is 44.9 Å². The third-order valence-electron chi connectivity index (χ3n) is 11.1. The molecule has 3 fully saturated rings. The molecule has 3 saturated carbocycles. The average molecular weight is 417 g/mol. The van der Waals surface area contributed by atoms with Gasteiger partial charge in [0.1, 0.15) is 0 Å². The van der Waals surface area contributed by atoms with Crippen molar-refractivity contribution in [3.05, 3.63) is 11.6 Å². The van der Waals surface area contributed by atoms with Crippen molar-refractivity contribution in [3.63, 3.8) is 0 Å². The molecule has 2 N–H and O–H groups in total. The first-order chi connectivity index (χ1) is 14.0. The van der Waals surface area contributed by atoms with Crippen LogP contribution >= 0.6 is 0 Å². The summed E-state index contributed by atoms with van der Waals surface area (Å²) in [4.78, 5) is 0. The lowest BCUT2D eigenvalue weighted by Gasteiger charge is -2.58. The van der Waals surface area contributed by atoms with Crippen molar-refractivity contribution < 1.29 is 10.2 Å². The van der Waals surface area contributed by atoms with Crippen LogP contribution in [0.15, 0.2) is 11.6 Å². The van der Waals surface area contributed by atoms with E-state index in [1.807, 2.05) is 13.8 Å². The maximum absolute atomic E-state index is 10.3. The minimum atomic E-state index is -0.560. The van der Waals surface area contributed by atoms with E-state index < -0.39 is 5.60 Å². The molecule has 0 spiro atoms. The molecule has 5 unspecified atom stereocenters. The van der Waals surface area contributed by atoms with Gasteiger partial charge in [-0.2, -0.15) is 0 Å². The highest BCUT2D eigenvalue weighted by atomic mass is 16.3. The highest BCUT2D eigenvalue weighted by molar-refractivity contribution is 5.25. The summed E-state index contributed by atoms with van der Waals surface area (Å²) in [6, 6.07) is 0. The first-order valence-electron chi connectivity index (χ1n) is 13.1. The number of fused-ring (bicyclic) bond motifs is 5. The Bertz CT molecular complexity index is 660. The third kappa shape index (κ3) is 3.72. The van der Waals surface area contributed by atoms with Gasteiger partial charge in [0.15, 0.2) is 0 Å². The summed E-state index contributed by atoms with van der Waals surface area (Å²) in [5.74, 6) is 4.56. The van der Waals surface area contributed by atoms with Gasteiger partial charge in [0, 0.05) is 0 Å². The lowest BCUT2D eigenvalue weighted by atomic mass is 9.47. The lowest BCUT2D eigenvalue weighted by Crippen LogP contribution is -2.50. The minimum absolute atomic E-state index is 0.0993. The molecule has 2 heteroatoms. The molecular weight excluding hydrogens is 368 g/mol. The van der Waals surface area contributed by atoms with Gasteiger partial charge in [-0.25, -0.2) is 0 Å². The van der Waals surface area contributed by atoms with Gasteiger partial charge in [0.2, 0.25) is 0 Å². The van der Waals surface area contributed by atoms with Gasteiger partial charge in [-0.3, -0.25) is 0 Å². The van der Waals surface area contributed by atoms with Crippen molar-refractivity contribution in [2.45, 2.75) is 117 Å². The number of aliphatic hydroxyl groups is 2. The molecule has 9 atom stereocenters. The predicted molar refractivity (Wildman–Crippen MR) is 125 cm³/mol. The Morgan fingerprint density at radius 2 is 1.77 bits per heavy atom. The highest BCUT2D eigenvalue weighted by Crippen LogP contribution is 2.67. The number of rotatable bonds is 5. The van der Waals surface area contributed by atoms with Gasteiger partial charge in [-0.05, 0) is 118 Å². The minimum Gasteiger partial charge on any atom is -0.393 e. The van der Waals surface area contributed by atoms with E-state index in [2.05, 4.69) is 33.8 Å². The van der Waals surface area contributed by atoms with Crippen LogP contribution in [0.5, 0.6) is 0 Å². The second kappa shape index (κ2) is 7.91. The van der Waals surface area contributed by atoms with E-state index in [0.717, 1.165) is 48.9 Å². The van der Waals surface area contributed by atoms with Crippen LogP contribution in [0.25, 0.3) is 0 Å². The molecule has 4 rings (SSSR count). The van der Waals surface area contributed by atoms with Gasteiger partial charge in [0.05, 0.1) is 11.7 Å². The van der Waals surface area contributed by atoms with Crippen LogP contribution in [0, 0.1) is 46.3 Å². The molecule has 0 aromatic carbocycles. The Labute approximate surface area is 185 Å². The highest BCUT2D eigenvalue weighted by Gasteiger charge is 2.59. The van der Waals surface area contributed by atoms with Crippen molar-refractivity contribution >= 4 is 0 Å². The van der Waals surface area contributed by atoms with Crippen LogP contribution in [0.3, 0.4) is 0 Å². The molecule has 30 heavy (non-hydrogen) atoms. The molecular formula is C28H48O2. The van der Waals surface area contributed by atoms with Crippen LogP contribution in [-0.4, -0.2) is 21.9 Å². The SMILES string of the molecule is CC(CCC(C)C(C)(C)O)[C@H]1CCC2C3CC=C4C[C@@H](O)CC[C@]4(C)C3CC[C@@]21C. The summed E-state index contributed by atoms with van der Waals surface area (Å²) in [5, 5.41) is 20.6. The normalized spacial score (nSPS) is 45.7. The Balaban J connectivity index is 1.47. The van der Waals surface area contributed by atoms with Gasteiger partial charge in [-0.1, -0.05) is 45.8 Å². The van der Waals surface area contributed by atoms with E-state index in [1.54, 1.807) is 5.57 Å². The zero-order valence-corrected chi connectivity index (χ0v) is 20.6. The summed E-state index contributed by atoms with van der Waals surface area (Å²) >= 11 is 0. The second-order valence-electron chi connectivity index (χ2n) is 13.0. The molecule has 0 bridgehead atoms. The first kappa shape index (κ1) is 22.8. The fraction of sp³-hybridized carbons (Fsp3) is 0.929. The van der Waals surface area contributed by atoms with Crippen LogP contribution in [0.4, 0.5) is 0 Å². The number of aliphatic hydroxyl groups excluding tert-OH is 1. The first-order valence-corrected chi connectivity index (χ1v) is 13.1. The Morgan fingerprint density at radius 1 is 1.03 bits per heavy atom. The maximum atomic E-state index is 10.3. The summed E-state index contributed by atoms with van der Waals surface area (Å²) in [7, 11) is 0. The molecule has 4 aliphatic rings. The van der Waals surface area contributed by atoms with Gasteiger partial charge in [-0.15, -0.1) is 0 Å². The zero-order chi connectivity index (χ0) is 21.9. The molecule has 4 aliphatic carbocycles. The molecule has 2 nitrogen and oxygen atoms in total. The summed E-state index contributed by atoms with van der Waals surface area (Å²) in [6.07, 6.45) is 14.9. The zero-order valence-electron chi connectivity index (χ0n) is 20.6. The van der Waals surface area contributed by atoms with Crippen molar-refractivity contribution in [1.82, 2.24) is 0 Å². The monoisotopic (exact) mass is 416 g/mol. The Hall–Kier alpha value is -0.340. The van der Waals surface area contributed by atoms with Crippen molar-refractivity contribution in [2.24, 2.45) is 46.3 Å². The molecule has 0 heterocycles. The molecule has 0 saturated heterocycles. The Morgan fingerprint density at radius 3 is 2.47 bits per heavy atom. The fourth-order valence-corrected chi connectivity index (χ4v) is 8.68. The predicted octanol–water partition coefficient (Wildman–Crippen LogP) is 6.75. The summed E-state index contributed by atoms with van der Waals surface area (Å²) < 4.78 is 0. The molecule has 0 aromatic rings. The molecule has 0 amide bonds. The second-order valence-corrected chi connectivity index (χ2v) is 13.0. The summed E-state index contributed by atoms with van der Waals surface area (Å²) in [6.45, 7) is 13.8. The lowest BCUT2D eigenvalue weighted by molar-refractivity contribution is -0.0581. The van der Waals surface area contributed by atoms with Crippen molar-refractivity contribution in [3.8, 4) is 0 Å². The van der Waals surface area contributed by atoms with Crippen LogP contribution in [-0.2, 0) is 0 Å². The molecule has 0 aromatic heterocycles. The molecule has 172 valence electrons. The smallest absolute Gasteiger partial charge is 0.0617 e. The van der Waals surface area contributed by atoms with E-state index >= 15 is 0 Å². The van der Waals surface area contributed by atoms with Crippen molar-refractivity contribution in [2.75, 3.05) is 0 Å². The standard InChI is InChI=1S/C28H48O2/c1-18(7-8-19(2)26(3,4)30)23-11-12-24-22-10-9-20-17-21(29)13-15-27(20,5)25(22)14-16-28(23,24)6/h9,18-19,21-25,29-30H,7-8,10-17H2,1-6H3/t18?,19?,21-,22?,23+,24?,25?,27-,28+/m0/s1. The van der Waals surface area contributed by atoms with E-state index in [4.69, 9.17) is 0 Å². The topological polar surface area (TPSA) is 40.5 Å². The number of hydrogen-bond donors (Lipinski definition) is 2. The van der Waals surface area contributed by atoms with Crippen LogP contribution in [0.1, 0.15) is 106 Å². The molecule has 0 radical (unpaired) electrons. The van der Waals surface area contributed by atoms with Gasteiger partial charge >= 0.3 is 0 Å². The molecule has 0 aliphatic heterocycles. The summed E-state index contributed by atoms with van der Waals surface area (Å²) in [5.41, 5.74) is 1.90. The van der Waals surface area contributed by atoms with Gasteiger partial charge < -0.3 is 10.2 Å². The van der Waals surface area contributed by atoms with Crippen LogP contribution in [0.2, 0.25) is 0 Å². The largest absolute Gasteiger partial charge is 0.393 e. The number of allylic oxidation sites excluding steroid dienone is 1. The van der Waals surface area contributed by atoms with E-state index in [9.17, 15) is 10.2 Å². The quantitative estimate of drug-likeness (QED) is 0.487. The number of hydrogen-bond acceptors (Lipinski definition) is 2. The van der Waals surface area contributed by atoms with Crippen LogP contribution < -0.4 is 0 Å². The van der Waals surface area contributed by atoms with Crippen molar-refractivity contribution in [1.29, 1.82) is 0 Å². The Kier molecular flexibility index (Phi) is 6.02. The van der Waals surface area contributed by atoms with E-state index in [-0.39, 0.29) is 6.10 Å². The fourth-order valence-electron chi connectivity index (χ4n) is 8.68. The van der Waals surface area contributed by atoms with E-state index in [0.29, 0.717) is 16.7 Å². The maximum Gasteiger partial charge on any atom is 0.0617 e. The average Bonchev–Trinajstić information content (AvgIpc) is 3.03.